The molecule has 0 radical (unpaired) electrons. The van der Waals surface area contributed by atoms with Gasteiger partial charge in [-0.2, -0.15) is 0 Å². The molecule has 1 heterocycles. The third-order valence-corrected chi connectivity index (χ3v) is 4.61. The Labute approximate surface area is 161 Å². The van der Waals surface area contributed by atoms with Gasteiger partial charge in [-0.3, -0.25) is 9.59 Å². The van der Waals surface area contributed by atoms with E-state index in [0.29, 0.717) is 44.0 Å². The van der Waals surface area contributed by atoms with Crippen molar-refractivity contribution in [2.24, 2.45) is 5.92 Å². The minimum Gasteiger partial charge on any atom is -0.449 e. The van der Waals surface area contributed by atoms with Gasteiger partial charge in [0.1, 0.15) is 0 Å². The van der Waals surface area contributed by atoms with Crippen LogP contribution in [-0.4, -0.2) is 48.4 Å². The first kappa shape index (κ1) is 20.9. The van der Waals surface area contributed by atoms with Gasteiger partial charge in [-0.25, -0.2) is 4.79 Å². The van der Waals surface area contributed by atoms with Crippen LogP contribution in [0.5, 0.6) is 0 Å². The van der Waals surface area contributed by atoms with Crippen molar-refractivity contribution in [1.82, 2.24) is 10.2 Å². The van der Waals surface area contributed by atoms with Gasteiger partial charge in [-0.1, -0.05) is 43.7 Å². The number of carbonyl (C=O) groups excluding carboxylic acids is 3. The quantitative estimate of drug-likeness (QED) is 0.743. The van der Waals surface area contributed by atoms with Gasteiger partial charge >= 0.3 is 6.09 Å². The van der Waals surface area contributed by atoms with Gasteiger partial charge < -0.3 is 15.0 Å². The van der Waals surface area contributed by atoms with Crippen LogP contribution in [0, 0.1) is 12.8 Å². The summed E-state index contributed by atoms with van der Waals surface area (Å²) in [6, 6.07) is 7.43. The average molecular weight is 374 g/mol. The minimum atomic E-state index is -0.280. The van der Waals surface area contributed by atoms with Crippen molar-refractivity contribution in [2.45, 2.75) is 52.5 Å². The monoisotopic (exact) mass is 374 g/mol. The first-order chi connectivity index (χ1) is 12.8. The van der Waals surface area contributed by atoms with Gasteiger partial charge in [-0.15, -0.1) is 0 Å². The second kappa shape index (κ2) is 10.1. The molecule has 6 nitrogen and oxygen atoms in total. The number of carbonyl (C=O) groups is 3. The Kier molecular flexibility index (Phi) is 7.82. The van der Waals surface area contributed by atoms with Crippen molar-refractivity contribution in [3.05, 3.63) is 35.4 Å². The lowest BCUT2D eigenvalue weighted by atomic mass is 10.0. The van der Waals surface area contributed by atoms with Crippen LogP contribution in [0.1, 0.15) is 55.5 Å². The fourth-order valence-corrected chi connectivity index (χ4v) is 2.95. The number of benzene rings is 1. The van der Waals surface area contributed by atoms with E-state index in [9.17, 15) is 14.4 Å². The Morgan fingerprint density at radius 2 is 1.74 bits per heavy atom. The lowest BCUT2D eigenvalue weighted by Crippen LogP contribution is -2.46. The molecule has 1 N–H and O–H groups in total. The van der Waals surface area contributed by atoms with Crippen molar-refractivity contribution < 1.29 is 19.1 Å². The van der Waals surface area contributed by atoms with Crippen LogP contribution >= 0.6 is 0 Å². The fraction of sp³-hybridized carbons (Fsp3) is 0.571. The van der Waals surface area contributed by atoms with Gasteiger partial charge in [0, 0.05) is 37.5 Å². The molecule has 0 spiro atoms. The molecular weight excluding hydrogens is 344 g/mol. The molecule has 1 aromatic rings. The molecule has 1 aliphatic heterocycles. The van der Waals surface area contributed by atoms with Crippen molar-refractivity contribution >= 4 is 17.8 Å². The maximum atomic E-state index is 12.1. The number of nitrogens with one attached hydrogen (secondary N) is 1. The summed E-state index contributed by atoms with van der Waals surface area (Å²) in [4.78, 5) is 37.9. The summed E-state index contributed by atoms with van der Waals surface area (Å²) in [5.41, 5.74) is 1.74. The molecule has 2 amide bonds. The zero-order chi connectivity index (χ0) is 19.8. The zero-order valence-electron chi connectivity index (χ0n) is 16.5. The highest BCUT2D eigenvalue weighted by atomic mass is 16.6. The number of Topliss-reactive ketones (excluding diaryl/α,β-unsaturated/α-hetero) is 1. The first-order valence-corrected chi connectivity index (χ1v) is 9.66. The van der Waals surface area contributed by atoms with Gasteiger partial charge in [0.25, 0.3) is 0 Å². The fourth-order valence-electron chi connectivity index (χ4n) is 2.95. The van der Waals surface area contributed by atoms with Crippen LogP contribution in [-0.2, 0) is 9.53 Å². The second-order valence-corrected chi connectivity index (χ2v) is 7.59. The number of hydrogen-bond donors (Lipinski definition) is 1. The number of rotatable bonds is 7. The Morgan fingerprint density at radius 1 is 1.11 bits per heavy atom. The molecule has 1 aromatic carbocycles. The largest absolute Gasteiger partial charge is 0.449 e. The highest BCUT2D eigenvalue weighted by molar-refractivity contribution is 5.98. The molecule has 6 heteroatoms. The van der Waals surface area contributed by atoms with Crippen molar-refractivity contribution in [3.63, 3.8) is 0 Å². The van der Waals surface area contributed by atoms with Crippen molar-refractivity contribution in [3.8, 4) is 0 Å². The third kappa shape index (κ3) is 7.04. The zero-order valence-corrected chi connectivity index (χ0v) is 16.5. The van der Waals surface area contributed by atoms with E-state index in [1.807, 2.05) is 32.9 Å². The molecule has 0 saturated carbocycles. The second-order valence-electron chi connectivity index (χ2n) is 7.59. The average Bonchev–Trinajstić information content (AvgIpc) is 2.65. The highest BCUT2D eigenvalue weighted by Gasteiger charge is 2.25. The van der Waals surface area contributed by atoms with E-state index in [2.05, 4.69) is 5.32 Å². The SMILES string of the molecule is Cc1ccc(C(=O)CCC(=O)NC2CCN(C(=O)OCC(C)C)CC2)cc1. The molecule has 1 aliphatic rings. The molecule has 27 heavy (non-hydrogen) atoms. The lowest BCUT2D eigenvalue weighted by Gasteiger charge is -2.31. The van der Waals surface area contributed by atoms with Gasteiger partial charge in [0.05, 0.1) is 6.61 Å². The molecule has 0 aliphatic carbocycles. The number of ether oxygens (including phenoxy) is 1. The van der Waals surface area contributed by atoms with Gasteiger partial charge in [0.15, 0.2) is 5.78 Å². The number of amides is 2. The Morgan fingerprint density at radius 3 is 2.33 bits per heavy atom. The number of likely N-dealkylation sites (tertiary alicyclic amines) is 1. The molecular formula is C21H30N2O4. The van der Waals surface area contributed by atoms with E-state index in [4.69, 9.17) is 4.74 Å². The summed E-state index contributed by atoms with van der Waals surface area (Å²) in [7, 11) is 0. The topological polar surface area (TPSA) is 75.7 Å². The number of ketones is 1. The summed E-state index contributed by atoms with van der Waals surface area (Å²) >= 11 is 0. The van der Waals surface area contributed by atoms with E-state index in [1.54, 1.807) is 17.0 Å². The van der Waals surface area contributed by atoms with Crippen LogP contribution in [0.2, 0.25) is 0 Å². The predicted molar refractivity (Wildman–Crippen MR) is 104 cm³/mol. The molecule has 0 bridgehead atoms. The Balaban J connectivity index is 1.67. The predicted octanol–water partition coefficient (Wildman–Crippen LogP) is 3.33. The standard InChI is InChI=1S/C21H30N2O4/c1-15(2)14-27-21(26)23-12-10-18(11-13-23)22-20(25)9-8-19(24)17-6-4-16(3)5-7-17/h4-7,15,18H,8-14H2,1-3H3,(H,22,25). The van der Waals surface area contributed by atoms with Crippen LogP contribution in [0.25, 0.3) is 0 Å². The molecule has 0 unspecified atom stereocenters. The molecule has 1 saturated heterocycles. The highest BCUT2D eigenvalue weighted by Crippen LogP contribution is 2.13. The molecule has 148 valence electrons. The maximum Gasteiger partial charge on any atom is 0.409 e. The molecule has 0 aromatic heterocycles. The van der Waals surface area contributed by atoms with E-state index >= 15 is 0 Å². The van der Waals surface area contributed by atoms with Gasteiger partial charge in [-0.05, 0) is 25.7 Å². The van der Waals surface area contributed by atoms with E-state index in [0.717, 1.165) is 5.56 Å². The number of hydrogen-bond acceptors (Lipinski definition) is 4. The van der Waals surface area contributed by atoms with Crippen LogP contribution in [0.3, 0.4) is 0 Å². The minimum absolute atomic E-state index is 0.0205. The lowest BCUT2D eigenvalue weighted by molar-refractivity contribution is -0.122. The number of nitrogens with zero attached hydrogens (tertiary/aromatic N) is 1. The summed E-state index contributed by atoms with van der Waals surface area (Å²) in [5, 5.41) is 2.97. The Hall–Kier alpha value is -2.37. The van der Waals surface area contributed by atoms with Crippen LogP contribution in [0.15, 0.2) is 24.3 Å². The smallest absolute Gasteiger partial charge is 0.409 e. The third-order valence-electron chi connectivity index (χ3n) is 4.61. The molecule has 0 atom stereocenters. The van der Waals surface area contributed by atoms with E-state index in [-0.39, 0.29) is 36.7 Å². The van der Waals surface area contributed by atoms with E-state index in [1.165, 1.54) is 0 Å². The van der Waals surface area contributed by atoms with Crippen molar-refractivity contribution in [2.75, 3.05) is 19.7 Å². The van der Waals surface area contributed by atoms with Crippen LogP contribution < -0.4 is 5.32 Å². The van der Waals surface area contributed by atoms with Gasteiger partial charge in [0.2, 0.25) is 5.91 Å². The first-order valence-electron chi connectivity index (χ1n) is 9.66. The van der Waals surface area contributed by atoms with Crippen LogP contribution in [0.4, 0.5) is 4.79 Å². The summed E-state index contributed by atoms with van der Waals surface area (Å²) in [6.07, 6.45) is 1.51. The number of piperidine rings is 1. The summed E-state index contributed by atoms with van der Waals surface area (Å²) < 4.78 is 5.24. The molecule has 2 rings (SSSR count). The normalized spacial score (nSPS) is 14.9. The Bertz CT molecular complexity index is 647. The van der Waals surface area contributed by atoms with Crippen molar-refractivity contribution in [1.29, 1.82) is 0 Å². The van der Waals surface area contributed by atoms with E-state index < -0.39 is 0 Å². The summed E-state index contributed by atoms with van der Waals surface area (Å²) in [6.45, 7) is 7.53. The molecule has 1 fully saturated rings. The summed E-state index contributed by atoms with van der Waals surface area (Å²) in [5.74, 6) is 0.178. The number of aryl methyl sites for hydroxylation is 1. The maximum absolute atomic E-state index is 12.1.